The van der Waals surface area contributed by atoms with Gasteiger partial charge in [0.2, 0.25) is 15.8 Å². The van der Waals surface area contributed by atoms with Crippen molar-refractivity contribution in [1.29, 1.82) is 0 Å². The van der Waals surface area contributed by atoms with Crippen LogP contribution in [0.3, 0.4) is 0 Å². The molecule has 10 heteroatoms. The second kappa shape index (κ2) is 9.88. The van der Waals surface area contributed by atoms with E-state index in [4.69, 9.17) is 4.52 Å². The number of hydrogen-bond acceptors (Lipinski definition) is 7. The molecule has 1 N–H and O–H groups in total. The van der Waals surface area contributed by atoms with Crippen molar-refractivity contribution in [2.24, 2.45) is 0 Å². The maximum absolute atomic E-state index is 12.9. The first-order valence-electron chi connectivity index (χ1n) is 11.0. The van der Waals surface area contributed by atoms with E-state index in [0.717, 1.165) is 45.3 Å². The highest BCUT2D eigenvalue weighted by molar-refractivity contribution is 7.89. The summed E-state index contributed by atoms with van der Waals surface area (Å²) in [6, 6.07) is 6.40. The number of nitrogens with zero attached hydrogens (tertiary/aromatic N) is 4. The van der Waals surface area contributed by atoms with Gasteiger partial charge in [-0.15, -0.1) is 0 Å². The van der Waals surface area contributed by atoms with Gasteiger partial charge >= 0.3 is 11.8 Å². The second-order valence-electron chi connectivity index (χ2n) is 8.07. The normalized spacial score (nSPS) is 18.7. The van der Waals surface area contributed by atoms with Crippen molar-refractivity contribution in [1.82, 2.24) is 24.7 Å². The van der Waals surface area contributed by atoms with Crippen LogP contribution in [0.25, 0.3) is 11.4 Å². The fourth-order valence-electron chi connectivity index (χ4n) is 4.05. The van der Waals surface area contributed by atoms with Crippen LogP contribution in [-0.4, -0.2) is 72.9 Å². The molecule has 0 atom stereocenters. The van der Waals surface area contributed by atoms with E-state index < -0.39 is 15.9 Å². The van der Waals surface area contributed by atoms with E-state index in [2.05, 4.69) is 20.4 Å². The Bertz CT molecular complexity index is 975. The van der Waals surface area contributed by atoms with Crippen LogP contribution in [0.1, 0.15) is 49.2 Å². The Labute approximate surface area is 182 Å². The van der Waals surface area contributed by atoms with Crippen LogP contribution in [0.15, 0.2) is 33.7 Å². The molecule has 2 aliphatic heterocycles. The molecule has 2 saturated heterocycles. The van der Waals surface area contributed by atoms with Crippen molar-refractivity contribution in [3.05, 3.63) is 30.2 Å². The lowest BCUT2D eigenvalue weighted by molar-refractivity contribution is 0.0906. The Morgan fingerprint density at radius 1 is 0.968 bits per heavy atom. The van der Waals surface area contributed by atoms with Gasteiger partial charge < -0.3 is 14.7 Å². The number of carbonyl (C=O) groups excluding carboxylic acids is 1. The van der Waals surface area contributed by atoms with Gasteiger partial charge in [0, 0.05) is 31.7 Å². The molecular weight excluding hydrogens is 418 g/mol. The van der Waals surface area contributed by atoms with E-state index in [1.165, 1.54) is 12.8 Å². The monoisotopic (exact) mass is 447 g/mol. The molecule has 2 aliphatic rings. The quantitative estimate of drug-likeness (QED) is 0.692. The summed E-state index contributed by atoms with van der Waals surface area (Å²) in [4.78, 5) is 19.0. The first kappa shape index (κ1) is 21.9. The first-order valence-corrected chi connectivity index (χ1v) is 12.4. The van der Waals surface area contributed by atoms with Gasteiger partial charge in [0.25, 0.3) is 0 Å². The summed E-state index contributed by atoms with van der Waals surface area (Å²) >= 11 is 0. The van der Waals surface area contributed by atoms with Crippen LogP contribution >= 0.6 is 0 Å². The van der Waals surface area contributed by atoms with E-state index >= 15 is 0 Å². The van der Waals surface area contributed by atoms with Crippen LogP contribution in [0.2, 0.25) is 0 Å². The van der Waals surface area contributed by atoms with E-state index in [1.807, 2.05) is 0 Å². The molecule has 0 radical (unpaired) electrons. The molecule has 3 heterocycles. The number of sulfonamides is 1. The number of benzene rings is 1. The summed E-state index contributed by atoms with van der Waals surface area (Å²) < 4.78 is 32.5. The summed E-state index contributed by atoms with van der Waals surface area (Å²) in [6.45, 7) is 4.60. The highest BCUT2D eigenvalue weighted by Gasteiger charge is 2.25. The first-order chi connectivity index (χ1) is 15.0. The molecule has 1 amide bonds. The average molecular weight is 448 g/mol. The number of rotatable bonds is 7. The number of nitrogens with one attached hydrogen (secondary N) is 1. The molecule has 2 aromatic rings. The van der Waals surface area contributed by atoms with E-state index in [1.54, 1.807) is 28.6 Å². The Balaban J connectivity index is 1.37. The molecular formula is C21H29N5O4S. The second-order valence-corrected chi connectivity index (χ2v) is 10.0. The maximum atomic E-state index is 12.9. The lowest BCUT2D eigenvalue weighted by Crippen LogP contribution is -2.33. The molecule has 0 saturated carbocycles. The molecule has 168 valence electrons. The van der Waals surface area contributed by atoms with Crippen molar-refractivity contribution < 1.29 is 17.7 Å². The molecule has 31 heavy (non-hydrogen) atoms. The topological polar surface area (TPSA) is 109 Å². The lowest BCUT2D eigenvalue weighted by atomic mass is 10.2. The molecule has 9 nitrogen and oxygen atoms in total. The third-order valence-corrected chi connectivity index (χ3v) is 7.76. The molecule has 1 aromatic carbocycles. The van der Waals surface area contributed by atoms with Crippen molar-refractivity contribution in [2.45, 2.75) is 43.4 Å². The molecule has 0 bridgehead atoms. The predicted molar refractivity (Wildman–Crippen MR) is 115 cm³/mol. The Morgan fingerprint density at radius 2 is 1.61 bits per heavy atom. The zero-order valence-electron chi connectivity index (χ0n) is 17.6. The molecule has 0 aliphatic carbocycles. The summed E-state index contributed by atoms with van der Waals surface area (Å²) in [5.74, 6) is -0.251. The number of aromatic nitrogens is 2. The van der Waals surface area contributed by atoms with Gasteiger partial charge in [-0.05, 0) is 63.0 Å². The van der Waals surface area contributed by atoms with E-state index in [-0.39, 0.29) is 16.6 Å². The fraction of sp³-hybridized carbons (Fsp3) is 0.571. The Kier molecular flexibility index (Phi) is 6.99. The third kappa shape index (κ3) is 5.31. The standard InChI is InChI=1S/C21H29N5O4S/c27-20(22-11-16-25-12-5-6-13-25)21-23-19(24-30-21)17-7-9-18(10-8-17)31(28,29)26-14-3-1-2-4-15-26/h7-10H,1-6,11-16H2,(H,22,27). The van der Waals surface area contributed by atoms with Gasteiger partial charge in [-0.2, -0.15) is 9.29 Å². The zero-order chi connectivity index (χ0) is 21.7. The van der Waals surface area contributed by atoms with Crippen molar-refractivity contribution >= 4 is 15.9 Å². The maximum Gasteiger partial charge on any atom is 0.316 e. The van der Waals surface area contributed by atoms with Crippen molar-refractivity contribution in [3.63, 3.8) is 0 Å². The van der Waals surface area contributed by atoms with Crippen LogP contribution in [0, 0.1) is 0 Å². The Morgan fingerprint density at radius 3 is 2.29 bits per heavy atom. The largest absolute Gasteiger partial charge is 0.347 e. The number of amides is 1. The summed E-state index contributed by atoms with van der Waals surface area (Å²) in [5, 5.41) is 6.67. The molecule has 0 unspecified atom stereocenters. The Hall–Kier alpha value is -2.30. The summed E-state index contributed by atoms with van der Waals surface area (Å²) in [5.41, 5.74) is 0.592. The smallest absolute Gasteiger partial charge is 0.316 e. The van der Waals surface area contributed by atoms with Crippen LogP contribution in [0.4, 0.5) is 0 Å². The fourth-order valence-corrected chi connectivity index (χ4v) is 5.57. The SMILES string of the molecule is O=C(NCCN1CCCC1)c1nc(-c2ccc(S(=O)(=O)N3CCCCCC3)cc2)no1. The highest BCUT2D eigenvalue weighted by atomic mass is 32.2. The van der Waals surface area contributed by atoms with Gasteiger partial charge in [0.1, 0.15) is 0 Å². The van der Waals surface area contributed by atoms with Gasteiger partial charge in [-0.25, -0.2) is 8.42 Å². The zero-order valence-corrected chi connectivity index (χ0v) is 18.4. The van der Waals surface area contributed by atoms with Gasteiger partial charge in [-0.1, -0.05) is 18.0 Å². The highest BCUT2D eigenvalue weighted by Crippen LogP contribution is 2.23. The van der Waals surface area contributed by atoms with Gasteiger partial charge in [-0.3, -0.25) is 4.79 Å². The number of hydrogen-bond donors (Lipinski definition) is 1. The van der Waals surface area contributed by atoms with E-state index in [9.17, 15) is 13.2 Å². The van der Waals surface area contributed by atoms with Gasteiger partial charge in [0.05, 0.1) is 4.90 Å². The third-order valence-electron chi connectivity index (χ3n) is 5.85. The number of likely N-dealkylation sites (tertiary alicyclic amines) is 1. The molecule has 2 fully saturated rings. The van der Waals surface area contributed by atoms with Crippen LogP contribution in [0.5, 0.6) is 0 Å². The predicted octanol–water partition coefficient (Wildman–Crippen LogP) is 2.13. The minimum atomic E-state index is -3.51. The summed E-state index contributed by atoms with van der Waals surface area (Å²) in [7, 11) is -3.51. The van der Waals surface area contributed by atoms with E-state index in [0.29, 0.717) is 25.2 Å². The van der Waals surface area contributed by atoms with Gasteiger partial charge in [0.15, 0.2) is 0 Å². The van der Waals surface area contributed by atoms with Crippen molar-refractivity contribution in [3.8, 4) is 11.4 Å². The lowest BCUT2D eigenvalue weighted by Gasteiger charge is -2.19. The van der Waals surface area contributed by atoms with Crippen LogP contribution < -0.4 is 5.32 Å². The molecule has 4 rings (SSSR count). The molecule has 1 aromatic heterocycles. The average Bonchev–Trinajstić information content (AvgIpc) is 3.40. The minimum Gasteiger partial charge on any atom is -0.347 e. The van der Waals surface area contributed by atoms with Crippen LogP contribution in [-0.2, 0) is 10.0 Å². The summed E-state index contributed by atoms with van der Waals surface area (Å²) in [6.07, 6.45) is 6.33. The minimum absolute atomic E-state index is 0.0994. The number of carbonyl (C=O) groups is 1. The molecule has 0 spiro atoms. The van der Waals surface area contributed by atoms with Crippen molar-refractivity contribution in [2.75, 3.05) is 39.3 Å².